The summed E-state index contributed by atoms with van der Waals surface area (Å²) in [6, 6.07) is 7.71. The molecule has 0 saturated carbocycles. The van der Waals surface area contributed by atoms with Gasteiger partial charge in [0, 0.05) is 51.9 Å². The number of hydrogen-bond donors (Lipinski definition) is 0. The summed E-state index contributed by atoms with van der Waals surface area (Å²) in [7, 11) is 0. The molecule has 0 amide bonds. The molecule has 0 spiro atoms. The van der Waals surface area contributed by atoms with Gasteiger partial charge in [0.1, 0.15) is 5.82 Å². The van der Waals surface area contributed by atoms with E-state index in [1.54, 1.807) is 6.07 Å². The van der Waals surface area contributed by atoms with E-state index in [4.69, 9.17) is 4.74 Å². The molecule has 0 N–H and O–H groups in total. The predicted octanol–water partition coefficient (Wildman–Crippen LogP) is 3.61. The lowest BCUT2D eigenvalue weighted by Gasteiger charge is -2.46. The Bertz CT molecular complexity index is 622. The Balaban J connectivity index is 1.11. The van der Waals surface area contributed by atoms with E-state index in [1.807, 2.05) is 12.1 Å². The number of rotatable bonds is 8. The van der Waals surface area contributed by atoms with Gasteiger partial charge in [0.05, 0.1) is 6.61 Å². The van der Waals surface area contributed by atoms with Crippen LogP contribution in [0.5, 0.6) is 0 Å². The molecule has 3 saturated heterocycles. The molecule has 5 heteroatoms. The van der Waals surface area contributed by atoms with Crippen molar-refractivity contribution in [1.82, 2.24) is 14.7 Å². The van der Waals surface area contributed by atoms with Gasteiger partial charge in [-0.3, -0.25) is 9.80 Å². The highest BCUT2D eigenvalue weighted by Gasteiger charge is 2.32. The Morgan fingerprint density at radius 3 is 2.72 bits per heavy atom. The molecule has 0 bridgehead atoms. The zero-order chi connectivity index (χ0) is 19.9. The highest BCUT2D eigenvalue weighted by molar-refractivity contribution is 5.16. The van der Waals surface area contributed by atoms with Crippen LogP contribution >= 0.6 is 0 Å². The molecule has 4 rings (SSSR count). The molecular formula is C24H38FN3O. The fourth-order valence-corrected chi connectivity index (χ4v) is 5.32. The topological polar surface area (TPSA) is 19.0 Å². The van der Waals surface area contributed by atoms with Crippen molar-refractivity contribution in [3.8, 4) is 0 Å². The van der Waals surface area contributed by atoms with Crippen LogP contribution in [0, 0.1) is 11.7 Å². The van der Waals surface area contributed by atoms with Crippen LogP contribution in [0.1, 0.15) is 44.1 Å². The van der Waals surface area contributed by atoms with Crippen molar-refractivity contribution in [2.75, 3.05) is 59.0 Å². The molecule has 1 aromatic carbocycles. The summed E-state index contributed by atoms with van der Waals surface area (Å²) < 4.78 is 19.5. The van der Waals surface area contributed by atoms with Gasteiger partial charge in [-0.15, -0.1) is 0 Å². The largest absolute Gasteiger partial charge is 0.381 e. The quantitative estimate of drug-likeness (QED) is 0.617. The van der Waals surface area contributed by atoms with Crippen LogP contribution in [0.25, 0.3) is 0 Å². The van der Waals surface area contributed by atoms with Crippen LogP contribution in [-0.2, 0) is 11.3 Å². The van der Waals surface area contributed by atoms with Crippen LogP contribution in [0.2, 0.25) is 0 Å². The minimum atomic E-state index is -0.127. The van der Waals surface area contributed by atoms with E-state index in [1.165, 1.54) is 70.8 Å². The first kappa shape index (κ1) is 21.2. The summed E-state index contributed by atoms with van der Waals surface area (Å²) in [4.78, 5) is 7.77. The van der Waals surface area contributed by atoms with Crippen molar-refractivity contribution >= 4 is 0 Å². The van der Waals surface area contributed by atoms with Gasteiger partial charge in [-0.2, -0.15) is 0 Å². The lowest BCUT2D eigenvalue weighted by molar-refractivity contribution is -0.00317. The molecule has 1 aromatic rings. The van der Waals surface area contributed by atoms with Gasteiger partial charge in [-0.05, 0) is 68.8 Å². The highest BCUT2D eigenvalue weighted by atomic mass is 19.1. The van der Waals surface area contributed by atoms with E-state index < -0.39 is 0 Å². The third-order valence-corrected chi connectivity index (χ3v) is 6.95. The molecule has 0 aliphatic carbocycles. The van der Waals surface area contributed by atoms with Crippen molar-refractivity contribution in [3.63, 3.8) is 0 Å². The maximum absolute atomic E-state index is 13.4. The molecule has 0 aromatic heterocycles. The van der Waals surface area contributed by atoms with Crippen LogP contribution in [-0.4, -0.2) is 79.8 Å². The highest BCUT2D eigenvalue weighted by Crippen LogP contribution is 2.26. The van der Waals surface area contributed by atoms with Gasteiger partial charge in [0.15, 0.2) is 0 Å². The van der Waals surface area contributed by atoms with Crippen molar-refractivity contribution in [2.24, 2.45) is 5.92 Å². The summed E-state index contributed by atoms with van der Waals surface area (Å²) in [5.41, 5.74) is 1.09. The van der Waals surface area contributed by atoms with Crippen LogP contribution < -0.4 is 0 Å². The lowest BCUT2D eigenvalue weighted by Crippen LogP contribution is -2.56. The normalized spacial score (nSPS) is 27.1. The third kappa shape index (κ3) is 6.48. The first-order chi connectivity index (χ1) is 14.3. The van der Waals surface area contributed by atoms with Gasteiger partial charge in [0.25, 0.3) is 0 Å². The van der Waals surface area contributed by atoms with E-state index in [0.717, 1.165) is 45.0 Å². The number of halogens is 1. The Morgan fingerprint density at radius 1 is 0.966 bits per heavy atom. The summed E-state index contributed by atoms with van der Waals surface area (Å²) >= 11 is 0. The molecule has 29 heavy (non-hydrogen) atoms. The lowest BCUT2D eigenvalue weighted by atomic mass is 9.91. The van der Waals surface area contributed by atoms with Gasteiger partial charge in [0.2, 0.25) is 0 Å². The van der Waals surface area contributed by atoms with Gasteiger partial charge < -0.3 is 9.64 Å². The molecule has 4 nitrogen and oxygen atoms in total. The smallest absolute Gasteiger partial charge is 0.123 e. The summed E-state index contributed by atoms with van der Waals surface area (Å²) in [6.07, 6.45) is 7.88. The number of fused-ring (bicyclic) bond motifs is 1. The van der Waals surface area contributed by atoms with E-state index >= 15 is 0 Å². The number of piperazine rings is 1. The van der Waals surface area contributed by atoms with E-state index in [-0.39, 0.29) is 5.82 Å². The molecule has 2 atom stereocenters. The van der Waals surface area contributed by atoms with E-state index in [2.05, 4.69) is 14.7 Å². The Morgan fingerprint density at radius 2 is 1.86 bits per heavy atom. The first-order valence-corrected chi connectivity index (χ1v) is 11.8. The van der Waals surface area contributed by atoms with Crippen molar-refractivity contribution in [3.05, 3.63) is 35.6 Å². The molecule has 3 fully saturated rings. The fourth-order valence-electron chi connectivity index (χ4n) is 5.32. The standard InChI is InChI=1S/C24H38FN3O/c25-23-7-4-6-21(16-23)17-27-13-14-28-18-22(8-9-24(28)19-27)20-29-15-5-12-26-10-2-1-3-11-26/h4,6-7,16,22,24H,1-3,5,8-15,17-20H2/t22-,24-/m0/s1. The SMILES string of the molecule is Fc1cccc(CN2CCN3C[C@@H](COCCCN4CCCCC4)CC[C@H]3C2)c1. The van der Waals surface area contributed by atoms with Crippen LogP contribution in [0.15, 0.2) is 24.3 Å². The third-order valence-electron chi connectivity index (χ3n) is 6.95. The minimum Gasteiger partial charge on any atom is -0.381 e. The Hall–Kier alpha value is -1.01. The van der Waals surface area contributed by atoms with E-state index in [0.29, 0.717) is 12.0 Å². The maximum atomic E-state index is 13.4. The molecule has 3 aliphatic heterocycles. The fraction of sp³-hybridized carbons (Fsp3) is 0.750. The number of piperidine rings is 2. The van der Waals surface area contributed by atoms with Crippen molar-refractivity contribution in [1.29, 1.82) is 0 Å². The van der Waals surface area contributed by atoms with Crippen molar-refractivity contribution in [2.45, 2.75) is 51.1 Å². The molecule has 3 aliphatic rings. The zero-order valence-corrected chi connectivity index (χ0v) is 17.9. The second-order valence-electron chi connectivity index (χ2n) is 9.29. The zero-order valence-electron chi connectivity index (χ0n) is 17.9. The molecular weight excluding hydrogens is 365 g/mol. The molecule has 0 radical (unpaired) electrons. The van der Waals surface area contributed by atoms with Gasteiger partial charge in [-0.25, -0.2) is 4.39 Å². The monoisotopic (exact) mass is 403 g/mol. The Kier molecular flexibility index (Phi) is 7.94. The Labute approximate surface area is 176 Å². The second-order valence-corrected chi connectivity index (χ2v) is 9.29. The average Bonchev–Trinajstić information content (AvgIpc) is 2.74. The number of benzene rings is 1. The molecule has 162 valence electrons. The van der Waals surface area contributed by atoms with E-state index in [9.17, 15) is 4.39 Å². The van der Waals surface area contributed by atoms with Crippen molar-refractivity contribution < 1.29 is 9.13 Å². The van der Waals surface area contributed by atoms with Gasteiger partial charge in [-0.1, -0.05) is 18.6 Å². The van der Waals surface area contributed by atoms with Crippen LogP contribution in [0.4, 0.5) is 4.39 Å². The molecule has 0 unspecified atom stereocenters. The first-order valence-electron chi connectivity index (χ1n) is 11.8. The summed E-state index contributed by atoms with van der Waals surface area (Å²) in [5.74, 6) is 0.563. The van der Waals surface area contributed by atoms with Gasteiger partial charge >= 0.3 is 0 Å². The number of ether oxygens (including phenoxy) is 1. The maximum Gasteiger partial charge on any atom is 0.123 e. The summed E-state index contributed by atoms with van der Waals surface area (Å²) in [6.45, 7) is 11.0. The number of likely N-dealkylation sites (tertiary alicyclic amines) is 1. The average molecular weight is 404 g/mol. The predicted molar refractivity (Wildman–Crippen MR) is 115 cm³/mol. The van der Waals surface area contributed by atoms with Crippen LogP contribution in [0.3, 0.4) is 0 Å². The summed E-state index contributed by atoms with van der Waals surface area (Å²) in [5, 5.41) is 0. The second kappa shape index (κ2) is 10.9. The molecule has 3 heterocycles. The number of hydrogen-bond acceptors (Lipinski definition) is 4. The minimum absolute atomic E-state index is 0.127. The number of nitrogens with zero attached hydrogens (tertiary/aromatic N) is 3.